The minimum Gasteiger partial charge on any atom is -0.493 e. The van der Waals surface area contributed by atoms with E-state index in [4.69, 9.17) is 10.5 Å². The molecule has 88 valence electrons. The number of methoxy groups -OCH3 is 1. The molecule has 0 amide bonds. The van der Waals surface area contributed by atoms with Crippen LogP contribution >= 0.6 is 0 Å². The molecule has 1 aliphatic rings. The van der Waals surface area contributed by atoms with E-state index < -0.39 is 0 Å². The second-order valence-corrected chi connectivity index (χ2v) is 4.72. The molecule has 0 aromatic carbocycles. The molecule has 0 radical (unpaired) electrons. The summed E-state index contributed by atoms with van der Waals surface area (Å²) in [5, 5.41) is 0. The largest absolute Gasteiger partial charge is 0.493 e. The van der Waals surface area contributed by atoms with E-state index in [1.807, 2.05) is 12.1 Å². The molecule has 1 saturated heterocycles. The van der Waals surface area contributed by atoms with Crippen molar-refractivity contribution in [1.29, 1.82) is 0 Å². The van der Waals surface area contributed by atoms with Gasteiger partial charge in [0.2, 0.25) is 0 Å². The van der Waals surface area contributed by atoms with Gasteiger partial charge in [-0.25, -0.2) is 4.98 Å². The highest BCUT2D eigenvalue weighted by Gasteiger charge is 2.34. The minimum atomic E-state index is 0.211. The number of aromatic nitrogens is 1. The molecule has 1 aromatic rings. The molecule has 16 heavy (non-hydrogen) atoms. The topological polar surface area (TPSA) is 51.4 Å². The maximum atomic E-state index is 5.80. The number of pyridine rings is 1. The van der Waals surface area contributed by atoms with Crippen LogP contribution in [0.1, 0.15) is 13.3 Å². The van der Waals surface area contributed by atoms with E-state index in [0.29, 0.717) is 0 Å². The number of hydrogen-bond donors (Lipinski definition) is 1. The van der Waals surface area contributed by atoms with Crippen LogP contribution in [0.25, 0.3) is 0 Å². The summed E-state index contributed by atoms with van der Waals surface area (Å²) in [6.45, 7) is 4.90. The standard InChI is InChI=1S/C12H19N3O/c1-12(8-13)5-7-15(9-12)11-10(16-2)4-3-6-14-11/h3-4,6H,5,7-9,13H2,1-2H3. The summed E-state index contributed by atoms with van der Waals surface area (Å²) in [4.78, 5) is 6.65. The van der Waals surface area contributed by atoms with Gasteiger partial charge in [0, 0.05) is 19.3 Å². The van der Waals surface area contributed by atoms with Crippen molar-refractivity contribution in [2.75, 3.05) is 31.6 Å². The molecular formula is C12H19N3O. The Morgan fingerprint density at radius 3 is 3.06 bits per heavy atom. The number of rotatable bonds is 3. The zero-order valence-electron chi connectivity index (χ0n) is 9.94. The maximum absolute atomic E-state index is 5.80. The van der Waals surface area contributed by atoms with Gasteiger partial charge in [-0.05, 0) is 30.5 Å². The summed E-state index contributed by atoms with van der Waals surface area (Å²) in [6, 6.07) is 3.83. The molecule has 1 aliphatic heterocycles. The van der Waals surface area contributed by atoms with Crippen molar-refractivity contribution in [3.05, 3.63) is 18.3 Å². The van der Waals surface area contributed by atoms with Gasteiger partial charge in [-0.15, -0.1) is 0 Å². The molecule has 0 spiro atoms. The Balaban J connectivity index is 2.20. The maximum Gasteiger partial charge on any atom is 0.171 e. The van der Waals surface area contributed by atoms with Gasteiger partial charge in [0.05, 0.1) is 7.11 Å². The summed E-state index contributed by atoms with van der Waals surface area (Å²) in [6.07, 6.45) is 2.92. The number of anilines is 1. The van der Waals surface area contributed by atoms with Crippen molar-refractivity contribution in [1.82, 2.24) is 4.98 Å². The summed E-state index contributed by atoms with van der Waals surface area (Å²) in [7, 11) is 1.68. The van der Waals surface area contributed by atoms with Crippen molar-refractivity contribution >= 4 is 5.82 Å². The van der Waals surface area contributed by atoms with Gasteiger partial charge in [-0.2, -0.15) is 0 Å². The number of hydrogen-bond acceptors (Lipinski definition) is 4. The van der Waals surface area contributed by atoms with Gasteiger partial charge >= 0.3 is 0 Å². The molecular weight excluding hydrogens is 202 g/mol. The molecule has 2 N–H and O–H groups in total. The average Bonchev–Trinajstić information content (AvgIpc) is 2.73. The highest BCUT2D eigenvalue weighted by atomic mass is 16.5. The Morgan fingerprint density at radius 2 is 2.44 bits per heavy atom. The van der Waals surface area contributed by atoms with E-state index in [1.165, 1.54) is 0 Å². The molecule has 0 bridgehead atoms. The number of ether oxygens (including phenoxy) is 1. The van der Waals surface area contributed by atoms with Gasteiger partial charge < -0.3 is 15.4 Å². The van der Waals surface area contributed by atoms with Crippen molar-refractivity contribution in [2.24, 2.45) is 11.1 Å². The Morgan fingerprint density at radius 1 is 1.62 bits per heavy atom. The Bertz CT molecular complexity index is 369. The summed E-state index contributed by atoms with van der Waals surface area (Å²) in [5.41, 5.74) is 6.01. The Kier molecular flexibility index (Phi) is 3.01. The van der Waals surface area contributed by atoms with Crippen LogP contribution in [-0.2, 0) is 0 Å². The second kappa shape index (κ2) is 4.29. The molecule has 1 unspecified atom stereocenters. The monoisotopic (exact) mass is 221 g/mol. The van der Waals surface area contributed by atoms with Crippen molar-refractivity contribution in [3.63, 3.8) is 0 Å². The fraction of sp³-hybridized carbons (Fsp3) is 0.583. The van der Waals surface area contributed by atoms with E-state index in [0.717, 1.165) is 37.6 Å². The van der Waals surface area contributed by atoms with Gasteiger partial charge in [-0.3, -0.25) is 0 Å². The fourth-order valence-corrected chi connectivity index (χ4v) is 2.15. The predicted molar refractivity (Wildman–Crippen MR) is 64.8 cm³/mol. The number of nitrogens with two attached hydrogens (primary N) is 1. The first-order valence-electron chi connectivity index (χ1n) is 5.62. The van der Waals surface area contributed by atoms with Crippen molar-refractivity contribution < 1.29 is 4.74 Å². The van der Waals surface area contributed by atoms with Crippen LogP contribution in [0.4, 0.5) is 5.82 Å². The summed E-state index contributed by atoms with van der Waals surface area (Å²) >= 11 is 0. The molecule has 0 aliphatic carbocycles. The van der Waals surface area contributed by atoms with Crippen molar-refractivity contribution in [3.8, 4) is 5.75 Å². The van der Waals surface area contributed by atoms with Crippen LogP contribution in [0.2, 0.25) is 0 Å². The zero-order chi connectivity index (χ0) is 11.6. The van der Waals surface area contributed by atoms with E-state index >= 15 is 0 Å². The van der Waals surface area contributed by atoms with E-state index in [1.54, 1.807) is 13.3 Å². The first-order chi connectivity index (χ1) is 7.68. The predicted octanol–water partition coefficient (Wildman–Crippen LogP) is 1.27. The Labute approximate surface area is 96.4 Å². The summed E-state index contributed by atoms with van der Waals surface area (Å²) in [5.74, 6) is 1.77. The zero-order valence-corrected chi connectivity index (χ0v) is 9.94. The molecule has 4 nitrogen and oxygen atoms in total. The van der Waals surface area contributed by atoms with Crippen molar-refractivity contribution in [2.45, 2.75) is 13.3 Å². The van der Waals surface area contributed by atoms with E-state index in [2.05, 4.69) is 16.8 Å². The fourth-order valence-electron chi connectivity index (χ4n) is 2.15. The lowest BCUT2D eigenvalue weighted by Crippen LogP contribution is -2.31. The highest BCUT2D eigenvalue weighted by Crippen LogP contribution is 2.35. The first-order valence-corrected chi connectivity index (χ1v) is 5.62. The second-order valence-electron chi connectivity index (χ2n) is 4.72. The van der Waals surface area contributed by atoms with Gasteiger partial charge in [-0.1, -0.05) is 6.92 Å². The summed E-state index contributed by atoms with van der Waals surface area (Å²) < 4.78 is 5.32. The third kappa shape index (κ3) is 1.97. The molecule has 4 heteroatoms. The lowest BCUT2D eigenvalue weighted by atomic mass is 9.90. The quantitative estimate of drug-likeness (QED) is 0.835. The number of nitrogens with zero attached hydrogens (tertiary/aromatic N) is 2. The van der Waals surface area contributed by atoms with E-state index in [-0.39, 0.29) is 5.41 Å². The van der Waals surface area contributed by atoms with Crippen LogP contribution in [0.3, 0.4) is 0 Å². The highest BCUT2D eigenvalue weighted by molar-refractivity contribution is 5.53. The molecule has 0 saturated carbocycles. The van der Waals surface area contributed by atoms with Crippen LogP contribution in [0.5, 0.6) is 5.75 Å². The molecule has 1 fully saturated rings. The smallest absolute Gasteiger partial charge is 0.171 e. The van der Waals surface area contributed by atoms with Crippen LogP contribution < -0.4 is 15.4 Å². The SMILES string of the molecule is COc1cccnc1N1CCC(C)(CN)C1. The van der Waals surface area contributed by atoms with Crippen LogP contribution in [0, 0.1) is 5.41 Å². The molecule has 2 heterocycles. The normalized spacial score (nSPS) is 24.8. The van der Waals surface area contributed by atoms with Gasteiger partial charge in [0.1, 0.15) is 0 Å². The van der Waals surface area contributed by atoms with Crippen LogP contribution in [-0.4, -0.2) is 31.7 Å². The first kappa shape index (κ1) is 11.2. The molecule has 1 atom stereocenters. The van der Waals surface area contributed by atoms with E-state index in [9.17, 15) is 0 Å². The van der Waals surface area contributed by atoms with Crippen LogP contribution in [0.15, 0.2) is 18.3 Å². The third-order valence-corrected chi connectivity index (χ3v) is 3.32. The molecule has 2 rings (SSSR count). The Hall–Kier alpha value is -1.29. The average molecular weight is 221 g/mol. The lowest BCUT2D eigenvalue weighted by Gasteiger charge is -2.24. The van der Waals surface area contributed by atoms with Gasteiger partial charge in [0.15, 0.2) is 11.6 Å². The molecule has 1 aromatic heterocycles. The minimum absolute atomic E-state index is 0.211. The van der Waals surface area contributed by atoms with Gasteiger partial charge in [0.25, 0.3) is 0 Å². The third-order valence-electron chi connectivity index (χ3n) is 3.32. The lowest BCUT2D eigenvalue weighted by molar-refractivity contribution is 0.381.